The molecule has 1 aromatic rings. The number of hydrogen-bond donors (Lipinski definition) is 1. The third-order valence-corrected chi connectivity index (χ3v) is 2.50. The summed E-state index contributed by atoms with van der Waals surface area (Å²) in [7, 11) is 0. The maximum Gasteiger partial charge on any atom is 0.137 e. The Hall–Kier alpha value is -0.410. The third kappa shape index (κ3) is 2.78. The fourth-order valence-electron chi connectivity index (χ4n) is 1.23. The van der Waals surface area contributed by atoms with E-state index < -0.39 is 6.10 Å². The van der Waals surface area contributed by atoms with E-state index in [0.29, 0.717) is 10.9 Å². The molecule has 1 aromatic carbocycles. The Bertz CT molecular complexity index is 310. The van der Waals surface area contributed by atoms with Crippen molar-refractivity contribution in [1.29, 1.82) is 0 Å². The molecule has 1 atom stereocenters. The first-order chi connectivity index (χ1) is 6.00. The van der Waals surface area contributed by atoms with Crippen LogP contribution >= 0.6 is 15.9 Å². The van der Waals surface area contributed by atoms with Gasteiger partial charge < -0.3 is 5.11 Å². The van der Waals surface area contributed by atoms with Gasteiger partial charge in [-0.15, -0.1) is 0 Å². The van der Waals surface area contributed by atoms with Crippen molar-refractivity contribution in [2.45, 2.75) is 26.4 Å². The summed E-state index contributed by atoms with van der Waals surface area (Å²) in [5.74, 6) is -0.258. The predicted molar refractivity (Wildman–Crippen MR) is 54.2 cm³/mol. The van der Waals surface area contributed by atoms with E-state index in [1.54, 1.807) is 13.0 Å². The van der Waals surface area contributed by atoms with E-state index >= 15 is 0 Å². The van der Waals surface area contributed by atoms with Gasteiger partial charge in [0.2, 0.25) is 0 Å². The van der Waals surface area contributed by atoms with Crippen molar-refractivity contribution in [1.82, 2.24) is 0 Å². The van der Waals surface area contributed by atoms with Crippen molar-refractivity contribution in [3.8, 4) is 0 Å². The Morgan fingerprint density at radius 2 is 2.15 bits per heavy atom. The molecule has 0 aliphatic carbocycles. The standard InChI is InChI=1S/C10H12BrFO/c1-6-3-10(12)9(11)5-8(6)4-7(2)13/h3,5,7,13H,4H2,1-2H3. The highest BCUT2D eigenvalue weighted by Crippen LogP contribution is 2.21. The lowest BCUT2D eigenvalue weighted by atomic mass is 10.0. The Labute approximate surface area is 85.7 Å². The fraction of sp³-hybridized carbons (Fsp3) is 0.400. The van der Waals surface area contributed by atoms with Gasteiger partial charge in [-0.3, -0.25) is 0 Å². The quantitative estimate of drug-likeness (QED) is 0.851. The number of aliphatic hydroxyl groups is 1. The van der Waals surface area contributed by atoms with Gasteiger partial charge in [0.1, 0.15) is 5.82 Å². The monoisotopic (exact) mass is 246 g/mol. The van der Waals surface area contributed by atoms with Gasteiger partial charge in [0.15, 0.2) is 0 Å². The van der Waals surface area contributed by atoms with E-state index in [1.165, 1.54) is 6.07 Å². The maximum absolute atomic E-state index is 13.0. The first kappa shape index (κ1) is 10.7. The SMILES string of the molecule is Cc1cc(F)c(Br)cc1CC(C)O. The average molecular weight is 247 g/mol. The van der Waals surface area contributed by atoms with Crippen molar-refractivity contribution in [3.05, 3.63) is 33.5 Å². The van der Waals surface area contributed by atoms with Crippen LogP contribution in [0.15, 0.2) is 16.6 Å². The Morgan fingerprint density at radius 1 is 1.54 bits per heavy atom. The molecule has 0 saturated heterocycles. The molecule has 0 fully saturated rings. The van der Waals surface area contributed by atoms with E-state index in [1.807, 2.05) is 6.92 Å². The normalized spacial score (nSPS) is 13.0. The van der Waals surface area contributed by atoms with Gasteiger partial charge in [0, 0.05) is 0 Å². The number of hydrogen-bond acceptors (Lipinski definition) is 1. The van der Waals surface area contributed by atoms with E-state index in [2.05, 4.69) is 15.9 Å². The van der Waals surface area contributed by atoms with E-state index in [-0.39, 0.29) is 5.82 Å². The van der Waals surface area contributed by atoms with Gasteiger partial charge in [0.05, 0.1) is 10.6 Å². The molecule has 3 heteroatoms. The summed E-state index contributed by atoms with van der Waals surface area (Å²) in [5.41, 5.74) is 1.85. The van der Waals surface area contributed by atoms with Crippen molar-refractivity contribution in [3.63, 3.8) is 0 Å². The number of halogens is 2. The van der Waals surface area contributed by atoms with Crippen LogP contribution in [0.5, 0.6) is 0 Å². The van der Waals surface area contributed by atoms with Crippen LogP contribution in [0, 0.1) is 12.7 Å². The minimum atomic E-state index is -0.393. The summed E-state index contributed by atoms with van der Waals surface area (Å²) >= 11 is 3.11. The minimum absolute atomic E-state index is 0.258. The number of aryl methyl sites for hydroxylation is 1. The first-order valence-electron chi connectivity index (χ1n) is 4.13. The Balaban J connectivity index is 3.01. The smallest absolute Gasteiger partial charge is 0.137 e. The maximum atomic E-state index is 13.0. The molecule has 1 rings (SSSR count). The van der Waals surface area contributed by atoms with Crippen LogP contribution in [-0.2, 0) is 6.42 Å². The van der Waals surface area contributed by atoms with Crippen molar-refractivity contribution < 1.29 is 9.50 Å². The molecule has 1 N–H and O–H groups in total. The first-order valence-corrected chi connectivity index (χ1v) is 4.92. The third-order valence-electron chi connectivity index (χ3n) is 1.89. The van der Waals surface area contributed by atoms with Gasteiger partial charge in [-0.1, -0.05) is 0 Å². The van der Waals surface area contributed by atoms with Gasteiger partial charge in [0.25, 0.3) is 0 Å². The lowest BCUT2D eigenvalue weighted by Gasteiger charge is -2.08. The van der Waals surface area contributed by atoms with Gasteiger partial charge in [-0.25, -0.2) is 4.39 Å². The van der Waals surface area contributed by atoms with Crippen LogP contribution in [0.2, 0.25) is 0 Å². The van der Waals surface area contributed by atoms with Gasteiger partial charge in [-0.2, -0.15) is 0 Å². The van der Waals surface area contributed by atoms with E-state index in [9.17, 15) is 9.50 Å². The van der Waals surface area contributed by atoms with Crippen LogP contribution < -0.4 is 0 Å². The molecule has 0 saturated carbocycles. The second-order valence-electron chi connectivity index (χ2n) is 3.25. The zero-order chi connectivity index (χ0) is 10.0. The van der Waals surface area contributed by atoms with Crippen molar-refractivity contribution in [2.75, 3.05) is 0 Å². The van der Waals surface area contributed by atoms with Crippen molar-refractivity contribution >= 4 is 15.9 Å². The predicted octanol–water partition coefficient (Wildman–Crippen LogP) is 2.82. The highest BCUT2D eigenvalue weighted by molar-refractivity contribution is 9.10. The highest BCUT2D eigenvalue weighted by atomic mass is 79.9. The zero-order valence-electron chi connectivity index (χ0n) is 7.64. The molecule has 0 aliphatic heterocycles. The molecule has 0 heterocycles. The lowest BCUT2D eigenvalue weighted by Crippen LogP contribution is -2.06. The largest absolute Gasteiger partial charge is 0.393 e. The molecule has 0 spiro atoms. The van der Waals surface area contributed by atoms with Crippen LogP contribution in [0.1, 0.15) is 18.1 Å². The fourth-order valence-corrected chi connectivity index (χ4v) is 1.62. The average Bonchev–Trinajstić information content (AvgIpc) is 1.99. The highest BCUT2D eigenvalue weighted by Gasteiger charge is 2.07. The molecule has 0 aromatic heterocycles. The Morgan fingerprint density at radius 3 is 2.69 bits per heavy atom. The second kappa shape index (κ2) is 4.20. The van der Waals surface area contributed by atoms with E-state index in [4.69, 9.17) is 0 Å². The zero-order valence-corrected chi connectivity index (χ0v) is 9.23. The van der Waals surface area contributed by atoms with Gasteiger partial charge in [-0.05, 0) is 59.5 Å². The summed E-state index contributed by atoms with van der Waals surface area (Å²) in [6.07, 6.45) is 0.168. The topological polar surface area (TPSA) is 20.2 Å². The molecular weight excluding hydrogens is 235 g/mol. The van der Waals surface area contributed by atoms with Crippen LogP contribution in [0.3, 0.4) is 0 Å². The van der Waals surface area contributed by atoms with Crippen LogP contribution in [0.4, 0.5) is 4.39 Å². The number of aliphatic hydroxyl groups excluding tert-OH is 1. The summed E-state index contributed by atoms with van der Waals surface area (Å²) in [6, 6.07) is 3.19. The molecule has 0 radical (unpaired) electrons. The molecule has 0 bridgehead atoms. The van der Waals surface area contributed by atoms with E-state index in [0.717, 1.165) is 11.1 Å². The Kier molecular flexibility index (Phi) is 3.45. The van der Waals surface area contributed by atoms with Crippen molar-refractivity contribution in [2.24, 2.45) is 0 Å². The molecule has 72 valence electrons. The van der Waals surface area contributed by atoms with Gasteiger partial charge >= 0.3 is 0 Å². The molecule has 1 unspecified atom stereocenters. The van der Waals surface area contributed by atoms with Crippen LogP contribution in [0.25, 0.3) is 0 Å². The summed E-state index contributed by atoms with van der Waals surface area (Å²) in [4.78, 5) is 0. The molecule has 1 nitrogen and oxygen atoms in total. The van der Waals surface area contributed by atoms with Crippen LogP contribution in [-0.4, -0.2) is 11.2 Å². The second-order valence-corrected chi connectivity index (χ2v) is 4.10. The lowest BCUT2D eigenvalue weighted by molar-refractivity contribution is 0.195. The number of benzene rings is 1. The molecule has 0 aliphatic rings. The summed E-state index contributed by atoms with van der Waals surface area (Å²) in [6.45, 7) is 3.56. The number of rotatable bonds is 2. The molecule has 13 heavy (non-hydrogen) atoms. The summed E-state index contributed by atoms with van der Waals surface area (Å²) < 4.78 is 13.4. The molecule has 0 amide bonds. The minimum Gasteiger partial charge on any atom is -0.393 e. The summed E-state index contributed by atoms with van der Waals surface area (Å²) in [5, 5.41) is 9.18. The molecular formula is C10H12BrFO.